The van der Waals surface area contributed by atoms with Gasteiger partial charge in [-0.15, -0.1) is 0 Å². The van der Waals surface area contributed by atoms with Crippen LogP contribution in [0.3, 0.4) is 0 Å². The van der Waals surface area contributed by atoms with Gasteiger partial charge in [-0.3, -0.25) is 4.90 Å². The average molecular weight is 278 g/mol. The molecule has 4 nitrogen and oxygen atoms in total. The highest BCUT2D eigenvalue weighted by atomic mass is 16.5. The number of nitrogens with zero attached hydrogens (tertiary/aromatic N) is 1. The average Bonchev–Trinajstić information content (AvgIpc) is 2.94. The Kier molecular flexibility index (Phi) is 5.98. The second-order valence-electron chi connectivity index (χ2n) is 5.58. The molecule has 0 spiro atoms. The van der Waals surface area contributed by atoms with Crippen molar-refractivity contribution in [3.63, 3.8) is 0 Å². The normalized spacial score (nSPS) is 22.9. The van der Waals surface area contributed by atoms with Crippen molar-refractivity contribution in [1.82, 2.24) is 10.2 Å². The van der Waals surface area contributed by atoms with Gasteiger partial charge in [0.05, 0.1) is 12.7 Å². The number of hydrogen-bond acceptors (Lipinski definition) is 4. The Morgan fingerprint density at radius 1 is 1.40 bits per heavy atom. The summed E-state index contributed by atoms with van der Waals surface area (Å²) in [5.41, 5.74) is 1.37. The van der Waals surface area contributed by atoms with Gasteiger partial charge in [0.15, 0.2) is 0 Å². The first-order valence-electron chi connectivity index (χ1n) is 7.40. The minimum atomic E-state index is -0.416. The molecule has 0 radical (unpaired) electrons. The largest absolute Gasteiger partial charge is 0.389 e. The van der Waals surface area contributed by atoms with Crippen molar-refractivity contribution < 1.29 is 9.84 Å². The molecule has 1 saturated heterocycles. The van der Waals surface area contributed by atoms with Crippen LogP contribution in [0.1, 0.15) is 24.9 Å². The van der Waals surface area contributed by atoms with Gasteiger partial charge in [-0.2, -0.15) is 0 Å². The third-order valence-corrected chi connectivity index (χ3v) is 4.05. The molecule has 1 aliphatic rings. The lowest BCUT2D eigenvalue weighted by Gasteiger charge is -2.25. The van der Waals surface area contributed by atoms with Gasteiger partial charge in [0.25, 0.3) is 0 Å². The zero-order valence-electron chi connectivity index (χ0n) is 12.5. The molecule has 20 heavy (non-hydrogen) atoms. The van der Waals surface area contributed by atoms with E-state index in [-0.39, 0.29) is 0 Å². The van der Waals surface area contributed by atoms with Crippen LogP contribution in [0.4, 0.5) is 0 Å². The molecule has 0 aliphatic carbocycles. The van der Waals surface area contributed by atoms with Crippen LogP contribution >= 0.6 is 0 Å². The zero-order chi connectivity index (χ0) is 14.4. The van der Waals surface area contributed by atoms with Crippen molar-refractivity contribution in [2.45, 2.75) is 31.5 Å². The molecule has 3 atom stereocenters. The van der Waals surface area contributed by atoms with E-state index in [9.17, 15) is 5.11 Å². The highest BCUT2D eigenvalue weighted by Gasteiger charge is 2.26. The van der Waals surface area contributed by atoms with Gasteiger partial charge in [0.1, 0.15) is 0 Å². The molecule has 1 heterocycles. The van der Waals surface area contributed by atoms with Crippen LogP contribution in [0.5, 0.6) is 0 Å². The summed E-state index contributed by atoms with van der Waals surface area (Å²) >= 11 is 0. The summed E-state index contributed by atoms with van der Waals surface area (Å²) < 4.78 is 4.94. The van der Waals surface area contributed by atoms with E-state index in [0.717, 1.165) is 19.5 Å². The Bertz CT molecular complexity index is 385. The molecular formula is C16H26N2O2. The monoisotopic (exact) mass is 278 g/mol. The molecule has 0 amide bonds. The number of aliphatic hydroxyl groups excluding tert-OH is 1. The van der Waals surface area contributed by atoms with Crippen molar-refractivity contribution in [1.29, 1.82) is 0 Å². The lowest BCUT2D eigenvalue weighted by molar-refractivity contribution is 0.0627. The van der Waals surface area contributed by atoms with E-state index in [1.54, 1.807) is 7.11 Å². The summed E-state index contributed by atoms with van der Waals surface area (Å²) in [5.74, 6) is 0. The summed E-state index contributed by atoms with van der Waals surface area (Å²) in [6.45, 7) is 5.40. The topological polar surface area (TPSA) is 44.7 Å². The van der Waals surface area contributed by atoms with Gasteiger partial charge in [-0.1, -0.05) is 30.3 Å². The van der Waals surface area contributed by atoms with Gasteiger partial charge in [-0.05, 0) is 18.9 Å². The van der Waals surface area contributed by atoms with Crippen LogP contribution in [-0.4, -0.2) is 55.5 Å². The smallest absolute Gasteiger partial charge is 0.0897 e. The quantitative estimate of drug-likeness (QED) is 0.792. The van der Waals surface area contributed by atoms with Gasteiger partial charge in [0.2, 0.25) is 0 Å². The maximum absolute atomic E-state index is 9.66. The highest BCUT2D eigenvalue weighted by molar-refractivity contribution is 5.18. The van der Waals surface area contributed by atoms with Crippen molar-refractivity contribution in [3.05, 3.63) is 35.9 Å². The second-order valence-corrected chi connectivity index (χ2v) is 5.58. The summed E-state index contributed by atoms with van der Waals surface area (Å²) in [4.78, 5) is 2.50. The predicted octanol–water partition coefficient (Wildman–Crippen LogP) is 1.42. The molecule has 1 aromatic carbocycles. The first kappa shape index (κ1) is 15.4. The molecule has 112 valence electrons. The third-order valence-electron chi connectivity index (χ3n) is 4.05. The molecule has 0 unspecified atom stereocenters. The van der Waals surface area contributed by atoms with Crippen molar-refractivity contribution in [2.75, 3.05) is 33.4 Å². The number of rotatable bonds is 7. The number of ether oxygens (including phenoxy) is 1. The Hall–Kier alpha value is -0.940. The van der Waals surface area contributed by atoms with Gasteiger partial charge >= 0.3 is 0 Å². The second kappa shape index (κ2) is 7.74. The van der Waals surface area contributed by atoms with E-state index in [1.165, 1.54) is 5.56 Å². The molecule has 2 N–H and O–H groups in total. The van der Waals surface area contributed by atoms with Crippen LogP contribution in [0.15, 0.2) is 30.3 Å². The van der Waals surface area contributed by atoms with Crippen LogP contribution in [0.2, 0.25) is 0 Å². The summed E-state index contributed by atoms with van der Waals surface area (Å²) in [6.07, 6.45) is 0.720. The summed E-state index contributed by atoms with van der Waals surface area (Å²) in [7, 11) is 1.61. The number of aliphatic hydroxyl groups is 1. The fourth-order valence-corrected chi connectivity index (χ4v) is 2.80. The van der Waals surface area contributed by atoms with E-state index in [4.69, 9.17) is 4.74 Å². The van der Waals surface area contributed by atoms with E-state index >= 15 is 0 Å². The van der Waals surface area contributed by atoms with Crippen LogP contribution in [-0.2, 0) is 4.74 Å². The molecule has 1 aromatic rings. The van der Waals surface area contributed by atoms with Gasteiger partial charge in [0, 0.05) is 38.8 Å². The fourth-order valence-electron chi connectivity index (χ4n) is 2.80. The minimum Gasteiger partial charge on any atom is -0.389 e. The first-order chi connectivity index (χ1) is 9.70. The molecular weight excluding hydrogens is 252 g/mol. The number of likely N-dealkylation sites (tertiary alicyclic amines) is 1. The van der Waals surface area contributed by atoms with E-state index in [2.05, 4.69) is 47.5 Å². The van der Waals surface area contributed by atoms with Crippen LogP contribution in [0.25, 0.3) is 0 Å². The lowest BCUT2D eigenvalue weighted by atomic mass is 10.1. The van der Waals surface area contributed by atoms with Crippen LogP contribution in [0, 0.1) is 0 Å². The maximum atomic E-state index is 9.66. The predicted molar refractivity (Wildman–Crippen MR) is 80.7 cm³/mol. The number of benzene rings is 1. The van der Waals surface area contributed by atoms with Crippen molar-refractivity contribution >= 4 is 0 Å². The van der Waals surface area contributed by atoms with E-state index in [0.29, 0.717) is 25.2 Å². The summed E-state index contributed by atoms with van der Waals surface area (Å²) in [5, 5.41) is 13.1. The Morgan fingerprint density at radius 2 is 2.15 bits per heavy atom. The lowest BCUT2D eigenvalue weighted by Crippen LogP contribution is -2.39. The van der Waals surface area contributed by atoms with Gasteiger partial charge < -0.3 is 15.2 Å². The van der Waals surface area contributed by atoms with E-state index < -0.39 is 6.10 Å². The standard InChI is InChI=1S/C16H26N2O2/c1-13(14-6-4-3-5-7-14)18-9-8-15(11-18)17-10-16(19)12-20-2/h3-7,13,15-17,19H,8-12H2,1-2H3/t13-,15-,16+/m0/s1. The molecule has 0 bridgehead atoms. The molecule has 2 rings (SSSR count). The fraction of sp³-hybridized carbons (Fsp3) is 0.625. The molecule has 0 saturated carbocycles. The van der Waals surface area contributed by atoms with Crippen molar-refractivity contribution in [3.8, 4) is 0 Å². The van der Waals surface area contributed by atoms with E-state index in [1.807, 2.05) is 0 Å². The minimum absolute atomic E-state index is 0.393. The Balaban J connectivity index is 1.77. The first-order valence-corrected chi connectivity index (χ1v) is 7.40. The Morgan fingerprint density at radius 3 is 2.85 bits per heavy atom. The van der Waals surface area contributed by atoms with Crippen LogP contribution < -0.4 is 5.32 Å². The maximum Gasteiger partial charge on any atom is 0.0897 e. The van der Waals surface area contributed by atoms with Crippen molar-refractivity contribution in [2.24, 2.45) is 0 Å². The number of hydrogen-bond donors (Lipinski definition) is 2. The zero-order valence-corrected chi connectivity index (χ0v) is 12.5. The molecule has 1 aliphatic heterocycles. The molecule has 4 heteroatoms. The SMILES string of the molecule is COC[C@H](O)CN[C@H]1CCN([C@@H](C)c2ccccc2)C1. The molecule has 0 aromatic heterocycles. The number of nitrogens with one attached hydrogen (secondary N) is 1. The number of methoxy groups -OCH3 is 1. The summed E-state index contributed by atoms with van der Waals surface area (Å²) in [6, 6.07) is 11.5. The van der Waals surface area contributed by atoms with Gasteiger partial charge in [-0.25, -0.2) is 0 Å². The molecule has 1 fully saturated rings. The Labute approximate surface area is 121 Å². The third kappa shape index (κ3) is 4.28. The highest BCUT2D eigenvalue weighted by Crippen LogP contribution is 2.24.